The summed E-state index contributed by atoms with van der Waals surface area (Å²) in [5.74, 6) is 2.66. The molecule has 1 aromatic heterocycles. The summed E-state index contributed by atoms with van der Waals surface area (Å²) >= 11 is 0. The highest BCUT2D eigenvalue weighted by Gasteiger charge is 2.29. The molecule has 0 aliphatic heterocycles. The molecule has 1 aliphatic carbocycles. The monoisotopic (exact) mass is 286 g/mol. The van der Waals surface area contributed by atoms with Crippen molar-refractivity contribution in [3.8, 4) is 0 Å². The van der Waals surface area contributed by atoms with E-state index in [1.54, 1.807) is 0 Å². The van der Waals surface area contributed by atoms with E-state index in [0.717, 1.165) is 17.2 Å². The molecule has 0 saturated heterocycles. The van der Waals surface area contributed by atoms with Crippen molar-refractivity contribution in [3.63, 3.8) is 0 Å². The molecule has 0 radical (unpaired) electrons. The summed E-state index contributed by atoms with van der Waals surface area (Å²) in [4.78, 5) is 2.08. The molecule has 5 nitrogen and oxygen atoms in total. The molecule has 1 aliphatic rings. The van der Waals surface area contributed by atoms with E-state index in [1.807, 2.05) is 44.4 Å². The van der Waals surface area contributed by atoms with E-state index in [2.05, 4.69) is 19.7 Å². The lowest BCUT2D eigenvalue weighted by Crippen LogP contribution is -2.25. The second kappa shape index (κ2) is 5.95. The highest BCUT2D eigenvalue weighted by Crippen LogP contribution is 2.38. The van der Waals surface area contributed by atoms with E-state index >= 15 is 0 Å². The van der Waals surface area contributed by atoms with Crippen LogP contribution in [0.5, 0.6) is 0 Å². The standard InChI is InChI=1S/C16H22N4O/c1-19(10-14(21)12-6-4-3-5-7-12)11-15-17-18-16(20(15)2)13-8-9-13/h3-7,13-14,21H,8-11H2,1-2H3. The van der Waals surface area contributed by atoms with Gasteiger partial charge < -0.3 is 9.67 Å². The maximum Gasteiger partial charge on any atom is 0.146 e. The van der Waals surface area contributed by atoms with Crippen LogP contribution < -0.4 is 0 Å². The number of rotatable bonds is 6. The minimum atomic E-state index is -0.479. The van der Waals surface area contributed by atoms with Crippen LogP contribution in [0.15, 0.2) is 30.3 Å². The quantitative estimate of drug-likeness (QED) is 0.880. The van der Waals surface area contributed by atoms with Gasteiger partial charge in [0.15, 0.2) is 0 Å². The van der Waals surface area contributed by atoms with Gasteiger partial charge >= 0.3 is 0 Å². The van der Waals surface area contributed by atoms with Gasteiger partial charge in [0.25, 0.3) is 0 Å². The fourth-order valence-corrected chi connectivity index (χ4v) is 2.59. The topological polar surface area (TPSA) is 54.2 Å². The zero-order chi connectivity index (χ0) is 14.8. The van der Waals surface area contributed by atoms with Gasteiger partial charge in [0.1, 0.15) is 11.6 Å². The molecular formula is C16H22N4O. The van der Waals surface area contributed by atoms with Crippen molar-refractivity contribution in [3.05, 3.63) is 47.5 Å². The largest absolute Gasteiger partial charge is 0.387 e. The Labute approximate surface area is 125 Å². The third-order valence-electron chi connectivity index (χ3n) is 4.02. The normalized spacial score (nSPS) is 16.4. The molecule has 1 saturated carbocycles. The summed E-state index contributed by atoms with van der Waals surface area (Å²) in [6, 6.07) is 9.75. The Kier molecular flexibility index (Phi) is 4.03. The molecule has 0 bridgehead atoms. The number of hydrogen-bond acceptors (Lipinski definition) is 4. The molecule has 5 heteroatoms. The van der Waals surface area contributed by atoms with Gasteiger partial charge in [0.2, 0.25) is 0 Å². The maximum absolute atomic E-state index is 10.3. The van der Waals surface area contributed by atoms with E-state index in [9.17, 15) is 5.11 Å². The summed E-state index contributed by atoms with van der Waals surface area (Å²) in [6.45, 7) is 1.27. The molecule has 112 valence electrons. The molecular weight excluding hydrogens is 264 g/mol. The molecule has 21 heavy (non-hydrogen) atoms. The average Bonchev–Trinajstić information content (AvgIpc) is 3.26. The molecule has 1 N–H and O–H groups in total. The summed E-state index contributed by atoms with van der Waals surface area (Å²) in [5, 5.41) is 18.8. The van der Waals surface area contributed by atoms with Crippen LogP contribution in [-0.4, -0.2) is 38.4 Å². The third-order valence-corrected chi connectivity index (χ3v) is 4.02. The fraction of sp³-hybridized carbons (Fsp3) is 0.500. The van der Waals surface area contributed by atoms with Crippen LogP contribution in [0.3, 0.4) is 0 Å². The van der Waals surface area contributed by atoms with Gasteiger partial charge in [0, 0.05) is 19.5 Å². The lowest BCUT2D eigenvalue weighted by molar-refractivity contribution is 0.122. The molecule has 0 amide bonds. The summed E-state index contributed by atoms with van der Waals surface area (Å²) in [6.07, 6.45) is 1.98. The zero-order valence-corrected chi connectivity index (χ0v) is 12.6. The molecule has 1 fully saturated rings. The Bertz CT molecular complexity index is 592. The lowest BCUT2D eigenvalue weighted by Gasteiger charge is -2.20. The predicted molar refractivity (Wildman–Crippen MR) is 80.7 cm³/mol. The summed E-state index contributed by atoms with van der Waals surface area (Å²) in [7, 11) is 4.03. The zero-order valence-electron chi connectivity index (χ0n) is 12.6. The number of benzene rings is 1. The summed E-state index contributed by atoms with van der Waals surface area (Å²) in [5.41, 5.74) is 0.945. The van der Waals surface area contributed by atoms with Crippen LogP contribution in [0.1, 0.15) is 42.1 Å². The highest BCUT2D eigenvalue weighted by atomic mass is 16.3. The third kappa shape index (κ3) is 3.31. The van der Waals surface area contributed by atoms with Crippen LogP contribution in [0.25, 0.3) is 0 Å². The number of aliphatic hydroxyl groups is 1. The van der Waals surface area contributed by atoms with Crippen molar-refractivity contribution >= 4 is 0 Å². The smallest absolute Gasteiger partial charge is 0.146 e. The van der Waals surface area contributed by atoms with Crippen molar-refractivity contribution in [2.45, 2.75) is 31.4 Å². The molecule has 1 atom stereocenters. The van der Waals surface area contributed by atoms with Crippen molar-refractivity contribution in [2.24, 2.45) is 7.05 Å². The number of aromatic nitrogens is 3. The minimum Gasteiger partial charge on any atom is -0.387 e. The van der Waals surface area contributed by atoms with Crippen LogP contribution in [0.2, 0.25) is 0 Å². The van der Waals surface area contributed by atoms with Crippen LogP contribution in [-0.2, 0) is 13.6 Å². The van der Waals surface area contributed by atoms with E-state index in [0.29, 0.717) is 19.0 Å². The first-order valence-corrected chi connectivity index (χ1v) is 7.45. The lowest BCUT2D eigenvalue weighted by atomic mass is 10.1. The molecule has 1 unspecified atom stereocenters. The minimum absolute atomic E-state index is 0.479. The van der Waals surface area contributed by atoms with E-state index in [-0.39, 0.29) is 0 Å². The van der Waals surface area contributed by atoms with Crippen LogP contribution in [0.4, 0.5) is 0 Å². The second-order valence-corrected chi connectivity index (χ2v) is 5.93. The van der Waals surface area contributed by atoms with Gasteiger partial charge in [-0.15, -0.1) is 10.2 Å². The maximum atomic E-state index is 10.3. The molecule has 2 aromatic rings. The number of aliphatic hydroxyl groups excluding tert-OH is 1. The SMILES string of the molecule is CN(Cc1nnc(C2CC2)n1C)CC(O)c1ccccc1. The Balaban J connectivity index is 1.60. The van der Waals surface area contributed by atoms with E-state index < -0.39 is 6.10 Å². The highest BCUT2D eigenvalue weighted by molar-refractivity contribution is 5.17. The van der Waals surface area contributed by atoms with Crippen molar-refractivity contribution < 1.29 is 5.11 Å². The van der Waals surface area contributed by atoms with Crippen molar-refractivity contribution in [2.75, 3.05) is 13.6 Å². The molecule has 1 aromatic carbocycles. The van der Waals surface area contributed by atoms with Crippen molar-refractivity contribution in [1.82, 2.24) is 19.7 Å². The second-order valence-electron chi connectivity index (χ2n) is 5.93. The Morgan fingerprint density at radius 1 is 1.29 bits per heavy atom. The predicted octanol–water partition coefficient (Wildman–Crippen LogP) is 1.86. The summed E-state index contributed by atoms with van der Waals surface area (Å²) < 4.78 is 2.10. The number of hydrogen-bond donors (Lipinski definition) is 1. The fourth-order valence-electron chi connectivity index (χ4n) is 2.59. The molecule has 0 spiro atoms. The van der Waals surface area contributed by atoms with Gasteiger partial charge in [-0.05, 0) is 25.5 Å². The Morgan fingerprint density at radius 3 is 2.67 bits per heavy atom. The number of likely N-dealkylation sites (N-methyl/N-ethyl adjacent to an activating group) is 1. The van der Waals surface area contributed by atoms with E-state index in [1.165, 1.54) is 12.8 Å². The first-order chi connectivity index (χ1) is 10.1. The van der Waals surface area contributed by atoms with E-state index in [4.69, 9.17) is 0 Å². The van der Waals surface area contributed by atoms with Crippen LogP contribution >= 0.6 is 0 Å². The Hall–Kier alpha value is -1.72. The number of nitrogens with zero attached hydrogens (tertiary/aromatic N) is 4. The van der Waals surface area contributed by atoms with Crippen LogP contribution in [0, 0.1) is 0 Å². The van der Waals surface area contributed by atoms with Gasteiger partial charge in [-0.2, -0.15) is 0 Å². The van der Waals surface area contributed by atoms with Crippen molar-refractivity contribution in [1.29, 1.82) is 0 Å². The molecule has 3 rings (SSSR count). The first-order valence-electron chi connectivity index (χ1n) is 7.45. The van der Waals surface area contributed by atoms with Gasteiger partial charge in [-0.3, -0.25) is 4.90 Å². The Morgan fingerprint density at radius 2 is 2.00 bits per heavy atom. The van der Waals surface area contributed by atoms with Gasteiger partial charge in [0.05, 0.1) is 12.6 Å². The average molecular weight is 286 g/mol. The molecule has 1 heterocycles. The van der Waals surface area contributed by atoms with Gasteiger partial charge in [-0.25, -0.2) is 0 Å². The van der Waals surface area contributed by atoms with Gasteiger partial charge in [-0.1, -0.05) is 30.3 Å². The first kappa shape index (κ1) is 14.2.